The maximum Gasteiger partial charge on any atom is 0.0547 e. The van der Waals surface area contributed by atoms with E-state index in [1.54, 1.807) is 0 Å². The molecule has 1 atom stereocenters. The third kappa shape index (κ3) is 5.57. The third-order valence-corrected chi connectivity index (χ3v) is 1.13. The predicted molar refractivity (Wildman–Crippen MR) is 40.2 cm³/mol. The molecular formula is C8H15O. The van der Waals surface area contributed by atoms with Crippen LogP contribution in [-0.2, 0) is 4.74 Å². The second-order valence-electron chi connectivity index (χ2n) is 2.05. The van der Waals surface area contributed by atoms with Gasteiger partial charge in [0.2, 0.25) is 0 Å². The quantitative estimate of drug-likeness (QED) is 0.406. The lowest BCUT2D eigenvalue weighted by Gasteiger charge is -2.07. The van der Waals surface area contributed by atoms with Crippen LogP contribution in [0.4, 0.5) is 0 Å². The predicted octanol–water partition coefficient (Wildman–Crippen LogP) is 2.19. The van der Waals surface area contributed by atoms with Crippen LogP contribution in [0.2, 0.25) is 0 Å². The van der Waals surface area contributed by atoms with Gasteiger partial charge < -0.3 is 4.74 Å². The van der Waals surface area contributed by atoms with Crippen LogP contribution in [0.1, 0.15) is 19.8 Å². The van der Waals surface area contributed by atoms with Crippen molar-refractivity contribution in [2.75, 3.05) is 6.61 Å². The molecule has 0 bridgehead atoms. The van der Waals surface area contributed by atoms with Crippen LogP contribution < -0.4 is 0 Å². The lowest BCUT2D eigenvalue weighted by atomic mass is 10.3. The second-order valence-corrected chi connectivity index (χ2v) is 2.05. The molecule has 0 aromatic rings. The van der Waals surface area contributed by atoms with Crippen LogP contribution in [0.5, 0.6) is 0 Å². The normalized spacial score (nSPS) is 13.1. The van der Waals surface area contributed by atoms with Gasteiger partial charge in [-0.05, 0) is 19.8 Å². The van der Waals surface area contributed by atoms with Gasteiger partial charge >= 0.3 is 0 Å². The Kier molecular flexibility index (Phi) is 5.64. The van der Waals surface area contributed by atoms with Gasteiger partial charge in [0, 0.05) is 0 Å². The smallest absolute Gasteiger partial charge is 0.0547 e. The van der Waals surface area contributed by atoms with Crippen LogP contribution in [-0.4, -0.2) is 12.7 Å². The summed E-state index contributed by atoms with van der Waals surface area (Å²) in [6, 6.07) is 0. The highest BCUT2D eigenvalue weighted by Gasteiger charge is 1.94. The summed E-state index contributed by atoms with van der Waals surface area (Å²) in [5, 5.41) is 0. The van der Waals surface area contributed by atoms with Gasteiger partial charge in [-0.3, -0.25) is 0 Å². The Morgan fingerprint density at radius 2 is 2.33 bits per heavy atom. The van der Waals surface area contributed by atoms with E-state index in [-0.39, 0.29) is 0 Å². The van der Waals surface area contributed by atoms with Crippen molar-refractivity contribution in [2.24, 2.45) is 0 Å². The highest BCUT2D eigenvalue weighted by atomic mass is 16.5. The fraction of sp³-hybridized carbons (Fsp3) is 0.625. The molecule has 1 heteroatoms. The zero-order valence-corrected chi connectivity index (χ0v) is 6.10. The lowest BCUT2D eigenvalue weighted by Crippen LogP contribution is -2.06. The third-order valence-electron chi connectivity index (χ3n) is 1.13. The van der Waals surface area contributed by atoms with Crippen molar-refractivity contribution in [3.05, 3.63) is 19.6 Å². The molecule has 0 aromatic carbocycles. The molecule has 0 saturated heterocycles. The van der Waals surface area contributed by atoms with E-state index >= 15 is 0 Å². The first-order valence-electron chi connectivity index (χ1n) is 3.33. The zero-order chi connectivity index (χ0) is 7.11. The minimum absolute atomic E-state index is 0.296. The van der Waals surface area contributed by atoms with Gasteiger partial charge in [-0.15, -0.1) is 6.58 Å². The van der Waals surface area contributed by atoms with Crippen molar-refractivity contribution in [1.82, 2.24) is 0 Å². The molecule has 1 radical (unpaired) electrons. The molecule has 1 nitrogen and oxygen atoms in total. The molecular weight excluding hydrogens is 112 g/mol. The minimum atomic E-state index is 0.296. The summed E-state index contributed by atoms with van der Waals surface area (Å²) in [6.07, 6.45) is 3.93. The Morgan fingerprint density at radius 1 is 1.67 bits per heavy atom. The number of hydrogen-bond acceptors (Lipinski definition) is 1. The average Bonchev–Trinajstić information content (AvgIpc) is 1.89. The van der Waals surface area contributed by atoms with Gasteiger partial charge in [-0.2, -0.15) is 0 Å². The molecule has 0 fully saturated rings. The van der Waals surface area contributed by atoms with Gasteiger partial charge in [0.1, 0.15) is 0 Å². The fourth-order valence-electron chi connectivity index (χ4n) is 0.436. The fourth-order valence-corrected chi connectivity index (χ4v) is 0.436. The van der Waals surface area contributed by atoms with E-state index in [4.69, 9.17) is 4.74 Å². The van der Waals surface area contributed by atoms with Crippen molar-refractivity contribution < 1.29 is 4.74 Å². The summed E-state index contributed by atoms with van der Waals surface area (Å²) in [7, 11) is 0. The summed E-state index contributed by atoms with van der Waals surface area (Å²) in [5.41, 5.74) is 0. The van der Waals surface area contributed by atoms with E-state index in [0.29, 0.717) is 6.10 Å². The van der Waals surface area contributed by atoms with E-state index in [1.807, 2.05) is 13.0 Å². The van der Waals surface area contributed by atoms with E-state index < -0.39 is 0 Å². The molecule has 53 valence electrons. The Labute approximate surface area is 57.7 Å². The molecule has 0 aliphatic carbocycles. The minimum Gasteiger partial charge on any atom is -0.378 e. The number of ether oxygens (including phenoxy) is 1. The highest BCUT2D eigenvalue weighted by molar-refractivity contribution is 4.65. The first kappa shape index (κ1) is 8.70. The Bertz CT molecular complexity index is 69.0. The molecule has 1 unspecified atom stereocenters. The summed E-state index contributed by atoms with van der Waals surface area (Å²) >= 11 is 0. The van der Waals surface area contributed by atoms with Crippen LogP contribution in [0.15, 0.2) is 12.7 Å². The molecule has 0 aliphatic rings. The van der Waals surface area contributed by atoms with Crippen molar-refractivity contribution in [2.45, 2.75) is 25.9 Å². The van der Waals surface area contributed by atoms with E-state index in [0.717, 1.165) is 19.4 Å². The van der Waals surface area contributed by atoms with Crippen LogP contribution in [0, 0.1) is 6.92 Å². The Balaban J connectivity index is 2.96. The monoisotopic (exact) mass is 127 g/mol. The van der Waals surface area contributed by atoms with Crippen LogP contribution in [0.3, 0.4) is 0 Å². The molecule has 0 aliphatic heterocycles. The summed E-state index contributed by atoms with van der Waals surface area (Å²) in [6.45, 7) is 10.1. The van der Waals surface area contributed by atoms with Crippen molar-refractivity contribution in [3.63, 3.8) is 0 Å². The largest absolute Gasteiger partial charge is 0.378 e. The van der Waals surface area contributed by atoms with Gasteiger partial charge in [0.15, 0.2) is 0 Å². The maximum atomic E-state index is 5.30. The van der Waals surface area contributed by atoms with Crippen molar-refractivity contribution in [1.29, 1.82) is 0 Å². The van der Waals surface area contributed by atoms with E-state index in [9.17, 15) is 0 Å². The number of hydrogen-bond donors (Lipinski definition) is 0. The molecule has 0 rings (SSSR count). The lowest BCUT2D eigenvalue weighted by molar-refractivity contribution is 0.0713. The van der Waals surface area contributed by atoms with Crippen LogP contribution in [0.25, 0.3) is 0 Å². The first-order chi connectivity index (χ1) is 4.31. The van der Waals surface area contributed by atoms with E-state index in [2.05, 4.69) is 13.5 Å². The average molecular weight is 127 g/mol. The standard InChI is InChI=1S/C8H15O/c1-4-6-7-9-8(3)5-2/h4,8H,1-2,5-7H2,3H3. The summed E-state index contributed by atoms with van der Waals surface area (Å²) in [4.78, 5) is 0. The molecule has 0 N–H and O–H groups in total. The molecule has 0 heterocycles. The van der Waals surface area contributed by atoms with E-state index in [1.165, 1.54) is 0 Å². The highest BCUT2D eigenvalue weighted by Crippen LogP contribution is 1.95. The van der Waals surface area contributed by atoms with Gasteiger partial charge in [-0.1, -0.05) is 13.0 Å². The topological polar surface area (TPSA) is 9.23 Å². The zero-order valence-electron chi connectivity index (χ0n) is 6.10. The summed E-state index contributed by atoms with van der Waals surface area (Å²) in [5.74, 6) is 0. The van der Waals surface area contributed by atoms with Gasteiger partial charge in [0.05, 0.1) is 12.7 Å². The van der Waals surface area contributed by atoms with Crippen molar-refractivity contribution in [3.8, 4) is 0 Å². The van der Waals surface area contributed by atoms with Gasteiger partial charge in [0.25, 0.3) is 0 Å². The SMILES string of the molecule is [CH2]CC(C)OCCC=C. The summed E-state index contributed by atoms with van der Waals surface area (Å²) < 4.78 is 5.30. The second kappa shape index (κ2) is 5.83. The Hall–Kier alpha value is -0.300. The molecule has 0 amide bonds. The molecule has 0 aromatic heterocycles. The maximum absolute atomic E-state index is 5.30. The van der Waals surface area contributed by atoms with Crippen molar-refractivity contribution >= 4 is 0 Å². The molecule has 0 saturated carbocycles. The van der Waals surface area contributed by atoms with Crippen LogP contribution >= 0.6 is 0 Å². The number of rotatable bonds is 5. The Morgan fingerprint density at radius 3 is 2.78 bits per heavy atom. The molecule has 0 spiro atoms. The van der Waals surface area contributed by atoms with Gasteiger partial charge in [-0.25, -0.2) is 0 Å². The first-order valence-corrected chi connectivity index (χ1v) is 3.33. The molecule has 9 heavy (non-hydrogen) atoms.